The molecule has 1 saturated heterocycles. The van der Waals surface area contributed by atoms with Crippen molar-refractivity contribution < 1.29 is 78.9 Å². The highest BCUT2D eigenvalue weighted by molar-refractivity contribution is 7.90. The summed E-state index contributed by atoms with van der Waals surface area (Å²) in [6.45, 7) is 6.62. The van der Waals surface area contributed by atoms with Crippen molar-refractivity contribution in [3.8, 4) is 0 Å². The monoisotopic (exact) mass is 1450 g/mol. The summed E-state index contributed by atoms with van der Waals surface area (Å²) in [5.74, 6) is 0. The summed E-state index contributed by atoms with van der Waals surface area (Å²) in [7, 11) is -25.0. The molecule has 528 valence electrons. The Balaban J connectivity index is 1.14. The highest BCUT2D eigenvalue weighted by Crippen LogP contribution is 2.23. The van der Waals surface area contributed by atoms with Crippen molar-refractivity contribution >= 4 is 60.1 Å². The lowest BCUT2D eigenvalue weighted by Crippen LogP contribution is -2.40. The van der Waals surface area contributed by atoms with Crippen LogP contribution in [0.25, 0.3) is 0 Å². The highest BCUT2D eigenvalue weighted by Gasteiger charge is 2.31. The smallest absolute Gasteiger partial charge is 0.243 e. The fourth-order valence-electron chi connectivity index (χ4n) is 9.88. The zero-order valence-corrected chi connectivity index (χ0v) is 60.2. The summed E-state index contributed by atoms with van der Waals surface area (Å²) < 4.78 is 214. The van der Waals surface area contributed by atoms with Gasteiger partial charge in [-0.1, -0.05) is 106 Å². The van der Waals surface area contributed by atoms with E-state index in [1.807, 2.05) is 41.5 Å². The standard InChI is InChI=1S/C66H90N6O18S6/c1-55-7-19-61(20-8-55)91(73,74)67-31-43-85-45-33-68(92(75,76)62-21-9-56(2)10-22-62)35-47-87-49-37-70(94(79,80)64-25-13-58(4)14-26-64)39-51-89-53-41-72(96(83,84)66-29-17-60(6)18-30-66)42-54-90-52-40-71(95(81,82)65-27-15-59(5)16-28-65)38-50-88-48-36-69(34-46-86-44-32-67)93(77,78)63-23-11-57(3)12-24-63/h7-30H,31-54H2,1-6H3. The third kappa shape index (κ3) is 22.3. The first-order valence-electron chi connectivity index (χ1n) is 31.5. The lowest BCUT2D eigenvalue weighted by Gasteiger charge is -2.26. The topological polar surface area (TPSA) is 280 Å². The van der Waals surface area contributed by atoms with Gasteiger partial charge in [-0.2, -0.15) is 25.8 Å². The van der Waals surface area contributed by atoms with Gasteiger partial charge in [-0.15, -0.1) is 0 Å². The number of ether oxygens (including phenoxy) is 6. The summed E-state index contributed by atoms with van der Waals surface area (Å²) in [6, 6.07) is 37.8. The van der Waals surface area contributed by atoms with Crippen LogP contribution >= 0.6 is 0 Å². The molecule has 0 atom stereocenters. The van der Waals surface area contributed by atoms with Crippen LogP contribution in [-0.4, -0.2) is 234 Å². The molecule has 0 radical (unpaired) electrons. The molecule has 1 heterocycles. The van der Waals surface area contributed by atoms with E-state index < -0.39 is 60.1 Å². The van der Waals surface area contributed by atoms with E-state index in [1.165, 1.54) is 98.6 Å². The van der Waals surface area contributed by atoms with Gasteiger partial charge in [0.05, 0.1) is 109 Å². The molecular formula is C66H90N6O18S6. The van der Waals surface area contributed by atoms with E-state index in [9.17, 15) is 50.5 Å². The van der Waals surface area contributed by atoms with Crippen molar-refractivity contribution in [3.63, 3.8) is 0 Å². The summed E-state index contributed by atoms with van der Waals surface area (Å²) in [5.41, 5.74) is 4.99. The second-order valence-corrected chi connectivity index (χ2v) is 34.6. The van der Waals surface area contributed by atoms with E-state index in [-0.39, 0.29) is 187 Å². The SMILES string of the molecule is Cc1ccc(S(=O)(=O)N2CCOCCN(S(=O)(=O)c3ccc(C)cc3)CCOCCN(S(=O)(=O)c3ccc(C)cc3)CCOCCN(S(=O)(=O)c3ccc(C)cc3)CCOCCN(S(=O)(=O)c3ccc(C)cc3)CCOCCN(S(=O)(=O)c3ccc(C)cc3)CCOCC2)cc1. The van der Waals surface area contributed by atoms with Crippen LogP contribution in [0.2, 0.25) is 0 Å². The molecule has 1 aliphatic heterocycles. The van der Waals surface area contributed by atoms with Gasteiger partial charge < -0.3 is 28.4 Å². The zero-order chi connectivity index (χ0) is 69.6. The largest absolute Gasteiger partial charge is 0.379 e. The van der Waals surface area contributed by atoms with Crippen LogP contribution in [0.4, 0.5) is 0 Å². The molecule has 6 aromatic carbocycles. The van der Waals surface area contributed by atoms with Crippen LogP contribution in [0.5, 0.6) is 0 Å². The van der Waals surface area contributed by atoms with Crippen molar-refractivity contribution in [1.82, 2.24) is 25.8 Å². The molecule has 30 heteroatoms. The van der Waals surface area contributed by atoms with Crippen LogP contribution in [0, 0.1) is 41.5 Å². The van der Waals surface area contributed by atoms with E-state index >= 15 is 0 Å². The van der Waals surface area contributed by atoms with Crippen LogP contribution in [0.15, 0.2) is 175 Å². The molecule has 0 aliphatic carbocycles. The van der Waals surface area contributed by atoms with Crippen molar-refractivity contribution in [1.29, 1.82) is 0 Å². The lowest BCUT2D eigenvalue weighted by molar-refractivity contribution is 0.0731. The molecule has 1 aliphatic rings. The van der Waals surface area contributed by atoms with E-state index in [2.05, 4.69) is 0 Å². The number of benzene rings is 6. The Hall–Kier alpha value is -5.46. The van der Waals surface area contributed by atoms with Crippen molar-refractivity contribution in [3.05, 3.63) is 179 Å². The Morgan fingerprint density at radius 3 is 0.375 bits per heavy atom. The van der Waals surface area contributed by atoms with Crippen LogP contribution in [-0.2, 0) is 88.6 Å². The van der Waals surface area contributed by atoms with Gasteiger partial charge in [0.25, 0.3) is 0 Å². The summed E-state index contributed by atoms with van der Waals surface area (Å²) in [5, 5.41) is 0. The lowest BCUT2D eigenvalue weighted by atomic mass is 10.2. The van der Waals surface area contributed by atoms with Crippen molar-refractivity contribution in [2.75, 3.05) is 158 Å². The molecule has 0 spiro atoms. The third-order valence-electron chi connectivity index (χ3n) is 15.8. The number of rotatable bonds is 12. The van der Waals surface area contributed by atoms with Gasteiger partial charge in [0.1, 0.15) is 0 Å². The van der Waals surface area contributed by atoms with E-state index in [1.54, 1.807) is 72.8 Å². The van der Waals surface area contributed by atoms with Gasteiger partial charge in [0.15, 0.2) is 0 Å². The molecule has 0 unspecified atom stereocenters. The number of hydrogen-bond donors (Lipinski definition) is 0. The summed E-state index contributed by atoms with van der Waals surface area (Å²) in [4.78, 5) is 0.0447. The van der Waals surface area contributed by atoms with E-state index in [4.69, 9.17) is 28.4 Å². The molecule has 7 rings (SSSR count). The second kappa shape index (κ2) is 36.6. The Labute approximate surface area is 568 Å². The van der Waals surface area contributed by atoms with Gasteiger partial charge in [-0.05, 0) is 114 Å². The molecule has 0 N–H and O–H groups in total. The third-order valence-corrected chi connectivity index (χ3v) is 27.3. The summed E-state index contributed by atoms with van der Waals surface area (Å²) in [6.07, 6.45) is 0. The maximum atomic E-state index is 14.3. The normalized spacial score (nSPS) is 18.6. The average molecular weight is 1450 g/mol. The molecule has 6 aromatic rings. The van der Waals surface area contributed by atoms with Crippen molar-refractivity contribution in [2.24, 2.45) is 0 Å². The van der Waals surface area contributed by atoms with Gasteiger partial charge in [0, 0.05) is 78.5 Å². The molecule has 0 amide bonds. The van der Waals surface area contributed by atoms with E-state index in [0.717, 1.165) is 33.4 Å². The highest BCUT2D eigenvalue weighted by atomic mass is 32.2. The van der Waals surface area contributed by atoms with Crippen LogP contribution in [0.3, 0.4) is 0 Å². The first-order chi connectivity index (χ1) is 45.6. The molecule has 0 aromatic heterocycles. The maximum absolute atomic E-state index is 14.3. The molecule has 0 saturated carbocycles. The zero-order valence-electron chi connectivity index (χ0n) is 55.3. The second-order valence-electron chi connectivity index (χ2n) is 23.0. The van der Waals surface area contributed by atoms with Crippen molar-refractivity contribution in [2.45, 2.75) is 70.9 Å². The minimum Gasteiger partial charge on any atom is -0.379 e. The number of sulfonamides is 6. The molecule has 0 bridgehead atoms. The molecule has 1 fully saturated rings. The predicted octanol–water partition coefficient (Wildman–Crippen LogP) is 6.10. The van der Waals surface area contributed by atoms with Crippen LogP contribution in [0.1, 0.15) is 33.4 Å². The fourth-order valence-corrected chi connectivity index (χ4v) is 18.3. The number of aryl methyl sites for hydroxylation is 6. The molecule has 24 nitrogen and oxygen atoms in total. The van der Waals surface area contributed by atoms with Gasteiger partial charge >= 0.3 is 0 Å². The summed E-state index contributed by atoms with van der Waals surface area (Å²) >= 11 is 0. The minimum absolute atomic E-state index is 0.00745. The Kier molecular flexibility index (Phi) is 29.7. The predicted molar refractivity (Wildman–Crippen MR) is 365 cm³/mol. The maximum Gasteiger partial charge on any atom is 0.243 e. The Morgan fingerprint density at radius 2 is 0.281 bits per heavy atom. The minimum atomic E-state index is -4.17. The average Bonchev–Trinajstić information content (AvgIpc) is 0.878. The molecular weight excluding hydrogens is 1360 g/mol. The first-order valence-corrected chi connectivity index (χ1v) is 40.1. The first kappa shape index (κ1) is 77.9. The Morgan fingerprint density at radius 1 is 0.188 bits per heavy atom. The van der Waals surface area contributed by atoms with Gasteiger partial charge in [0.2, 0.25) is 60.1 Å². The Bertz CT molecular complexity index is 3370. The quantitative estimate of drug-likeness (QED) is 0.134. The number of hydrogen-bond acceptors (Lipinski definition) is 18. The van der Waals surface area contributed by atoms with Gasteiger partial charge in [-0.25, -0.2) is 50.5 Å². The molecule has 96 heavy (non-hydrogen) atoms. The number of nitrogens with zero attached hydrogens (tertiary/aromatic N) is 6. The fraction of sp³-hybridized carbons (Fsp3) is 0.455. The van der Waals surface area contributed by atoms with Crippen LogP contribution < -0.4 is 0 Å². The van der Waals surface area contributed by atoms with E-state index in [0.29, 0.717) is 0 Å². The van der Waals surface area contributed by atoms with Gasteiger partial charge in [-0.3, -0.25) is 0 Å².